The minimum atomic E-state index is -0.308. The van der Waals surface area contributed by atoms with E-state index in [1.807, 2.05) is 0 Å². The maximum absolute atomic E-state index is 12.6. The lowest BCUT2D eigenvalue weighted by Crippen LogP contribution is -2.36. The summed E-state index contributed by atoms with van der Waals surface area (Å²) in [7, 11) is 0. The zero-order valence-corrected chi connectivity index (χ0v) is 7.29. The summed E-state index contributed by atoms with van der Waals surface area (Å²) in [4.78, 5) is 2.17. The average molecular weight is 180 g/mol. The largest absolute Gasteiger partial charge is 0.378 e. The predicted octanol–water partition coefficient (Wildman–Crippen LogP) is 1.46. The molecule has 0 amide bonds. The summed E-state index contributed by atoms with van der Waals surface area (Å²) in [6, 6.07) is 7.44. The van der Waals surface area contributed by atoms with Crippen LogP contribution in [0.25, 0.3) is 0 Å². The number of hydrogen-bond acceptors (Lipinski definition) is 2. The van der Waals surface area contributed by atoms with Gasteiger partial charge in [0.1, 0.15) is 5.82 Å². The minimum Gasteiger partial charge on any atom is -0.378 e. The Kier molecular flexibility index (Phi) is 2.45. The van der Waals surface area contributed by atoms with Gasteiger partial charge in [0.2, 0.25) is 0 Å². The van der Waals surface area contributed by atoms with Crippen LogP contribution in [0.5, 0.6) is 0 Å². The molecule has 0 aromatic heterocycles. The van der Waals surface area contributed by atoms with E-state index >= 15 is 0 Å². The first-order valence-corrected chi connectivity index (χ1v) is 4.36. The van der Waals surface area contributed by atoms with Crippen molar-refractivity contribution in [3.05, 3.63) is 30.1 Å². The highest BCUT2D eigenvalue weighted by atomic mass is 19.1. The minimum absolute atomic E-state index is 0.308. The molecule has 1 heterocycles. The van der Waals surface area contributed by atoms with Gasteiger partial charge < -0.3 is 9.64 Å². The van der Waals surface area contributed by atoms with E-state index in [9.17, 15) is 4.39 Å². The van der Waals surface area contributed by atoms with Gasteiger partial charge in [-0.25, -0.2) is 4.39 Å². The molecular formula is C10H11FNO. The van der Waals surface area contributed by atoms with Crippen LogP contribution in [0, 0.1) is 11.9 Å². The zero-order chi connectivity index (χ0) is 9.10. The van der Waals surface area contributed by atoms with Crippen LogP contribution in [0.15, 0.2) is 18.2 Å². The maximum Gasteiger partial charge on any atom is 0.131 e. The van der Waals surface area contributed by atoms with Crippen LogP contribution in [-0.2, 0) is 4.74 Å². The molecule has 2 rings (SSSR count). The molecule has 0 N–H and O–H groups in total. The molecule has 0 aliphatic carbocycles. The highest BCUT2D eigenvalue weighted by Gasteiger charge is 2.10. The predicted molar refractivity (Wildman–Crippen MR) is 48.3 cm³/mol. The van der Waals surface area contributed by atoms with Gasteiger partial charge >= 0.3 is 0 Å². The second kappa shape index (κ2) is 3.75. The Labute approximate surface area is 76.9 Å². The lowest BCUT2D eigenvalue weighted by Gasteiger charge is -2.28. The topological polar surface area (TPSA) is 12.5 Å². The van der Waals surface area contributed by atoms with Gasteiger partial charge in [0.25, 0.3) is 0 Å². The fourth-order valence-corrected chi connectivity index (χ4v) is 1.42. The fraction of sp³-hybridized carbons (Fsp3) is 0.400. The fourth-order valence-electron chi connectivity index (χ4n) is 1.42. The van der Waals surface area contributed by atoms with Crippen molar-refractivity contribution < 1.29 is 9.13 Å². The van der Waals surface area contributed by atoms with Crippen LogP contribution in [-0.4, -0.2) is 26.3 Å². The first kappa shape index (κ1) is 8.51. The molecule has 1 aromatic carbocycles. The van der Waals surface area contributed by atoms with E-state index in [2.05, 4.69) is 11.0 Å². The number of nitrogens with zero attached hydrogens (tertiary/aromatic N) is 1. The standard InChI is InChI=1S/C10H11FNO/c11-9-1-3-10(4-2-9)12-5-7-13-8-6-12/h1,3-4H,5-8H2. The molecule has 0 saturated carbocycles. The molecule has 0 atom stereocenters. The van der Waals surface area contributed by atoms with E-state index < -0.39 is 0 Å². The number of rotatable bonds is 1. The van der Waals surface area contributed by atoms with Crippen molar-refractivity contribution in [2.75, 3.05) is 31.2 Å². The molecule has 1 aliphatic rings. The van der Waals surface area contributed by atoms with Crippen LogP contribution in [0.2, 0.25) is 0 Å². The number of morpholine rings is 1. The molecule has 1 saturated heterocycles. The second-order valence-electron chi connectivity index (χ2n) is 2.99. The summed E-state index contributed by atoms with van der Waals surface area (Å²) in [5.74, 6) is -0.308. The quantitative estimate of drug-likeness (QED) is 0.648. The Morgan fingerprint density at radius 2 is 2.08 bits per heavy atom. The second-order valence-corrected chi connectivity index (χ2v) is 2.99. The van der Waals surface area contributed by atoms with Gasteiger partial charge in [-0.05, 0) is 18.2 Å². The van der Waals surface area contributed by atoms with Gasteiger partial charge in [0.15, 0.2) is 0 Å². The van der Waals surface area contributed by atoms with Gasteiger partial charge in [0, 0.05) is 24.8 Å². The van der Waals surface area contributed by atoms with Crippen LogP contribution in [0.3, 0.4) is 0 Å². The SMILES string of the molecule is Fc1[c]cc(N2CCOCC2)cc1. The highest BCUT2D eigenvalue weighted by molar-refractivity contribution is 5.46. The van der Waals surface area contributed by atoms with Gasteiger partial charge in [-0.15, -0.1) is 0 Å². The molecule has 2 nitrogen and oxygen atoms in total. The lowest BCUT2D eigenvalue weighted by molar-refractivity contribution is 0.122. The van der Waals surface area contributed by atoms with Gasteiger partial charge in [-0.2, -0.15) is 0 Å². The summed E-state index contributed by atoms with van der Waals surface area (Å²) in [6.45, 7) is 3.24. The third kappa shape index (κ3) is 1.98. The van der Waals surface area contributed by atoms with Crippen molar-refractivity contribution in [1.82, 2.24) is 0 Å². The molecule has 13 heavy (non-hydrogen) atoms. The summed E-state index contributed by atoms with van der Waals surface area (Å²) in [5, 5.41) is 0. The van der Waals surface area contributed by atoms with Crippen LogP contribution in [0.1, 0.15) is 0 Å². The van der Waals surface area contributed by atoms with E-state index in [0.29, 0.717) is 0 Å². The van der Waals surface area contributed by atoms with E-state index in [-0.39, 0.29) is 5.82 Å². The zero-order valence-electron chi connectivity index (χ0n) is 7.29. The van der Waals surface area contributed by atoms with Crippen LogP contribution in [0.4, 0.5) is 10.1 Å². The molecule has 0 unspecified atom stereocenters. The molecule has 0 bridgehead atoms. The van der Waals surface area contributed by atoms with Gasteiger partial charge in [-0.1, -0.05) is 0 Å². The maximum atomic E-state index is 12.6. The molecule has 1 aliphatic heterocycles. The number of hydrogen-bond donors (Lipinski definition) is 0. The smallest absolute Gasteiger partial charge is 0.131 e. The Hall–Kier alpha value is -1.09. The normalized spacial score (nSPS) is 17.5. The first-order chi connectivity index (χ1) is 6.36. The van der Waals surface area contributed by atoms with Crippen molar-refractivity contribution in [3.63, 3.8) is 0 Å². The van der Waals surface area contributed by atoms with Gasteiger partial charge in [0.05, 0.1) is 13.2 Å². The number of halogens is 1. The molecule has 1 radical (unpaired) electrons. The third-order valence-corrected chi connectivity index (χ3v) is 2.13. The number of benzene rings is 1. The summed E-state index contributed by atoms with van der Waals surface area (Å²) >= 11 is 0. The van der Waals surface area contributed by atoms with Crippen molar-refractivity contribution in [3.8, 4) is 0 Å². The molecule has 69 valence electrons. The Bertz CT molecular complexity index is 267. The summed E-state index contributed by atoms with van der Waals surface area (Å²) in [6.07, 6.45) is 0. The molecule has 3 heteroatoms. The van der Waals surface area contributed by atoms with Crippen molar-refractivity contribution in [2.24, 2.45) is 0 Å². The highest BCUT2D eigenvalue weighted by Crippen LogP contribution is 2.15. The van der Waals surface area contributed by atoms with Crippen molar-refractivity contribution in [1.29, 1.82) is 0 Å². The summed E-state index contributed by atoms with van der Waals surface area (Å²) in [5.41, 5.74) is 1.02. The van der Waals surface area contributed by atoms with Crippen LogP contribution < -0.4 is 4.90 Å². The summed E-state index contributed by atoms with van der Waals surface area (Å²) < 4.78 is 17.8. The molecule has 1 fully saturated rings. The van der Waals surface area contributed by atoms with E-state index in [1.54, 1.807) is 12.1 Å². The van der Waals surface area contributed by atoms with Gasteiger partial charge in [-0.3, -0.25) is 0 Å². The lowest BCUT2D eigenvalue weighted by atomic mass is 10.2. The van der Waals surface area contributed by atoms with E-state index in [1.165, 1.54) is 6.07 Å². The Morgan fingerprint density at radius 1 is 1.31 bits per heavy atom. The Morgan fingerprint density at radius 3 is 2.69 bits per heavy atom. The monoisotopic (exact) mass is 180 g/mol. The number of anilines is 1. The number of ether oxygens (including phenoxy) is 1. The molecule has 0 spiro atoms. The molecule has 1 aromatic rings. The molecular weight excluding hydrogens is 169 g/mol. The first-order valence-electron chi connectivity index (χ1n) is 4.36. The van der Waals surface area contributed by atoms with Crippen LogP contribution >= 0.6 is 0 Å². The van der Waals surface area contributed by atoms with E-state index in [4.69, 9.17) is 4.74 Å². The average Bonchev–Trinajstić information content (AvgIpc) is 2.20. The van der Waals surface area contributed by atoms with E-state index in [0.717, 1.165) is 32.0 Å². The van der Waals surface area contributed by atoms with Crippen molar-refractivity contribution >= 4 is 5.69 Å². The Balaban J connectivity index is 2.10. The third-order valence-electron chi connectivity index (χ3n) is 2.13. The van der Waals surface area contributed by atoms with Crippen molar-refractivity contribution in [2.45, 2.75) is 0 Å².